The summed E-state index contributed by atoms with van der Waals surface area (Å²) in [4.78, 5) is 0. The van der Waals surface area contributed by atoms with Crippen LogP contribution in [0.15, 0.2) is 12.3 Å². The predicted molar refractivity (Wildman–Crippen MR) is 80.4 cm³/mol. The number of hydrogen-bond acceptors (Lipinski definition) is 4. The average Bonchev–Trinajstić information content (AvgIpc) is 2.93. The molecule has 2 heterocycles. The Labute approximate surface area is 121 Å². The fourth-order valence-electron chi connectivity index (χ4n) is 3.02. The lowest BCUT2D eigenvalue weighted by atomic mass is 9.96. The molecule has 0 aliphatic carbocycles. The van der Waals surface area contributed by atoms with Crippen LogP contribution in [0.4, 0.5) is 0 Å². The van der Waals surface area contributed by atoms with Crippen LogP contribution in [-0.2, 0) is 23.3 Å². The highest BCUT2D eigenvalue weighted by molar-refractivity contribution is 7.91. The molecule has 114 valence electrons. The second kappa shape index (κ2) is 6.72. The molecule has 1 saturated heterocycles. The summed E-state index contributed by atoms with van der Waals surface area (Å²) in [7, 11) is -0.803. The highest BCUT2D eigenvalue weighted by Crippen LogP contribution is 2.24. The third-order valence-electron chi connectivity index (χ3n) is 4.11. The van der Waals surface area contributed by atoms with E-state index < -0.39 is 9.84 Å². The molecule has 1 aliphatic heterocycles. The quantitative estimate of drug-likeness (QED) is 0.820. The SMILES string of the molecule is CCNC(CCc1ccnn1C)CC1CCS(=O)(=O)C1. The molecule has 0 radical (unpaired) electrons. The average molecular weight is 299 g/mol. The third-order valence-corrected chi connectivity index (χ3v) is 5.95. The van der Waals surface area contributed by atoms with Crippen LogP contribution in [0.1, 0.15) is 31.9 Å². The first kappa shape index (κ1) is 15.5. The largest absolute Gasteiger partial charge is 0.314 e. The molecule has 1 aromatic heterocycles. The van der Waals surface area contributed by atoms with Crippen molar-refractivity contribution in [2.24, 2.45) is 13.0 Å². The van der Waals surface area contributed by atoms with Crippen molar-refractivity contribution >= 4 is 9.84 Å². The van der Waals surface area contributed by atoms with E-state index in [-0.39, 0.29) is 0 Å². The zero-order chi connectivity index (χ0) is 14.6. The maximum Gasteiger partial charge on any atom is 0.150 e. The third kappa shape index (κ3) is 4.31. The molecule has 6 heteroatoms. The van der Waals surface area contributed by atoms with Gasteiger partial charge in [-0.2, -0.15) is 5.10 Å². The topological polar surface area (TPSA) is 64.0 Å². The van der Waals surface area contributed by atoms with Gasteiger partial charge in [-0.05, 0) is 44.2 Å². The molecule has 0 spiro atoms. The van der Waals surface area contributed by atoms with Crippen LogP contribution in [0.25, 0.3) is 0 Å². The second-order valence-corrected chi connectivity index (χ2v) is 7.97. The van der Waals surface area contributed by atoms with Gasteiger partial charge in [-0.1, -0.05) is 6.92 Å². The Kier molecular flexibility index (Phi) is 5.21. The zero-order valence-corrected chi connectivity index (χ0v) is 13.2. The summed E-state index contributed by atoms with van der Waals surface area (Å²) >= 11 is 0. The zero-order valence-electron chi connectivity index (χ0n) is 12.4. The van der Waals surface area contributed by atoms with Gasteiger partial charge in [0, 0.05) is 25.0 Å². The van der Waals surface area contributed by atoms with E-state index in [4.69, 9.17) is 0 Å². The van der Waals surface area contributed by atoms with Gasteiger partial charge in [0.05, 0.1) is 11.5 Å². The molecule has 0 aromatic carbocycles. The molecule has 1 fully saturated rings. The minimum absolute atomic E-state index is 0.329. The summed E-state index contributed by atoms with van der Waals surface area (Å²) in [5, 5.41) is 7.67. The molecule has 1 aliphatic rings. The van der Waals surface area contributed by atoms with Gasteiger partial charge in [0.15, 0.2) is 9.84 Å². The Morgan fingerprint density at radius 3 is 2.90 bits per heavy atom. The highest BCUT2D eigenvalue weighted by Gasteiger charge is 2.29. The van der Waals surface area contributed by atoms with E-state index in [1.165, 1.54) is 5.69 Å². The molecule has 2 atom stereocenters. The first-order chi connectivity index (χ1) is 9.50. The second-order valence-electron chi connectivity index (χ2n) is 5.74. The summed E-state index contributed by atoms with van der Waals surface area (Å²) in [6, 6.07) is 2.44. The fraction of sp³-hybridized carbons (Fsp3) is 0.786. The number of sulfone groups is 1. The molecule has 2 unspecified atom stereocenters. The van der Waals surface area contributed by atoms with Crippen LogP contribution in [0.3, 0.4) is 0 Å². The van der Waals surface area contributed by atoms with Crippen molar-refractivity contribution in [1.29, 1.82) is 0 Å². The van der Waals surface area contributed by atoms with Crippen molar-refractivity contribution in [3.05, 3.63) is 18.0 Å². The van der Waals surface area contributed by atoms with E-state index in [0.717, 1.165) is 32.2 Å². The van der Waals surface area contributed by atoms with Crippen molar-refractivity contribution in [1.82, 2.24) is 15.1 Å². The maximum absolute atomic E-state index is 11.5. The van der Waals surface area contributed by atoms with Gasteiger partial charge >= 0.3 is 0 Å². The summed E-state index contributed by atoms with van der Waals surface area (Å²) in [6.07, 6.45) is 5.62. The molecule has 5 nitrogen and oxygen atoms in total. The van der Waals surface area contributed by atoms with Crippen LogP contribution >= 0.6 is 0 Å². The van der Waals surface area contributed by atoms with Gasteiger partial charge < -0.3 is 5.32 Å². The number of aryl methyl sites for hydroxylation is 2. The van der Waals surface area contributed by atoms with E-state index in [9.17, 15) is 8.42 Å². The van der Waals surface area contributed by atoms with E-state index in [1.807, 2.05) is 24.0 Å². The van der Waals surface area contributed by atoms with Crippen LogP contribution < -0.4 is 5.32 Å². The molecular formula is C14H25N3O2S. The summed E-state index contributed by atoms with van der Waals surface area (Å²) in [5.41, 5.74) is 1.23. The monoisotopic (exact) mass is 299 g/mol. The highest BCUT2D eigenvalue weighted by atomic mass is 32.2. The minimum atomic E-state index is -2.76. The normalized spacial score (nSPS) is 23.0. The van der Waals surface area contributed by atoms with Gasteiger partial charge in [-0.25, -0.2) is 8.42 Å². The molecular weight excluding hydrogens is 274 g/mol. The lowest BCUT2D eigenvalue weighted by molar-refractivity contribution is 0.390. The number of aromatic nitrogens is 2. The molecule has 0 saturated carbocycles. The van der Waals surface area contributed by atoms with E-state index >= 15 is 0 Å². The number of nitrogens with zero attached hydrogens (tertiary/aromatic N) is 2. The van der Waals surface area contributed by atoms with Gasteiger partial charge in [0.2, 0.25) is 0 Å². The Hall–Kier alpha value is -0.880. The summed E-state index contributed by atoms with van der Waals surface area (Å²) in [5.74, 6) is 1.08. The Bertz CT molecular complexity index is 524. The van der Waals surface area contributed by atoms with Gasteiger partial charge in [-0.3, -0.25) is 4.68 Å². The summed E-state index contributed by atoms with van der Waals surface area (Å²) in [6.45, 7) is 3.03. The van der Waals surface area contributed by atoms with Crippen LogP contribution in [-0.4, -0.2) is 42.3 Å². The van der Waals surface area contributed by atoms with Gasteiger partial charge in [0.1, 0.15) is 0 Å². The molecule has 2 rings (SSSR count). The first-order valence-corrected chi connectivity index (χ1v) is 9.23. The van der Waals surface area contributed by atoms with Gasteiger partial charge in [0.25, 0.3) is 0 Å². The van der Waals surface area contributed by atoms with Crippen molar-refractivity contribution in [2.75, 3.05) is 18.1 Å². The van der Waals surface area contributed by atoms with E-state index in [2.05, 4.69) is 17.3 Å². The Morgan fingerprint density at radius 2 is 2.35 bits per heavy atom. The van der Waals surface area contributed by atoms with Crippen molar-refractivity contribution in [3.8, 4) is 0 Å². The molecule has 20 heavy (non-hydrogen) atoms. The smallest absolute Gasteiger partial charge is 0.150 e. The van der Waals surface area contributed by atoms with Crippen LogP contribution in [0.5, 0.6) is 0 Å². The molecule has 0 amide bonds. The van der Waals surface area contributed by atoms with Crippen molar-refractivity contribution < 1.29 is 8.42 Å². The number of rotatable bonds is 7. The number of nitrogens with one attached hydrogen (secondary N) is 1. The Morgan fingerprint density at radius 1 is 1.55 bits per heavy atom. The summed E-state index contributed by atoms with van der Waals surface area (Å²) < 4.78 is 25.0. The standard InChI is InChI=1S/C14H25N3O2S/c1-3-15-13(4-5-14-6-8-16-17(14)2)10-12-7-9-20(18,19)11-12/h6,8,12-13,15H,3-5,7,9-11H2,1-2H3. The lowest BCUT2D eigenvalue weighted by Crippen LogP contribution is -2.32. The predicted octanol–water partition coefficient (Wildman–Crippen LogP) is 1.16. The Balaban J connectivity index is 1.86. The lowest BCUT2D eigenvalue weighted by Gasteiger charge is -2.20. The first-order valence-electron chi connectivity index (χ1n) is 7.41. The molecule has 1 aromatic rings. The van der Waals surface area contributed by atoms with Crippen LogP contribution in [0.2, 0.25) is 0 Å². The van der Waals surface area contributed by atoms with Crippen molar-refractivity contribution in [3.63, 3.8) is 0 Å². The minimum Gasteiger partial charge on any atom is -0.314 e. The van der Waals surface area contributed by atoms with Crippen LogP contribution in [0, 0.1) is 5.92 Å². The van der Waals surface area contributed by atoms with E-state index in [1.54, 1.807) is 0 Å². The molecule has 0 bridgehead atoms. The van der Waals surface area contributed by atoms with Gasteiger partial charge in [-0.15, -0.1) is 0 Å². The van der Waals surface area contributed by atoms with Crippen molar-refractivity contribution in [2.45, 2.75) is 38.6 Å². The maximum atomic E-state index is 11.5. The van der Waals surface area contributed by atoms with E-state index in [0.29, 0.717) is 23.5 Å². The molecule has 1 N–H and O–H groups in total. The number of hydrogen-bond donors (Lipinski definition) is 1. The fourth-order valence-corrected chi connectivity index (χ4v) is 4.90.